The van der Waals surface area contributed by atoms with Gasteiger partial charge >= 0.3 is 5.97 Å². The smallest absolute Gasteiger partial charge is 0.338 e. The average Bonchev–Trinajstić information content (AvgIpc) is 3.14. The number of benzene rings is 2. The molecule has 32 heavy (non-hydrogen) atoms. The van der Waals surface area contributed by atoms with E-state index in [9.17, 15) is 14.4 Å². The predicted molar refractivity (Wildman–Crippen MR) is 118 cm³/mol. The first-order valence-electron chi connectivity index (χ1n) is 9.96. The van der Waals surface area contributed by atoms with Gasteiger partial charge in [-0.25, -0.2) is 9.78 Å². The van der Waals surface area contributed by atoms with E-state index in [-0.39, 0.29) is 12.5 Å². The van der Waals surface area contributed by atoms with E-state index in [2.05, 4.69) is 10.3 Å². The van der Waals surface area contributed by atoms with Gasteiger partial charge in [-0.05, 0) is 50.6 Å². The number of aryl methyl sites for hydroxylation is 2. The molecule has 0 fully saturated rings. The van der Waals surface area contributed by atoms with Crippen molar-refractivity contribution in [2.75, 3.05) is 5.32 Å². The number of carbonyl (C=O) groups is 2. The third-order valence-electron chi connectivity index (χ3n) is 4.96. The van der Waals surface area contributed by atoms with E-state index < -0.39 is 11.5 Å². The van der Waals surface area contributed by atoms with Gasteiger partial charge < -0.3 is 14.6 Å². The zero-order valence-electron chi connectivity index (χ0n) is 17.8. The highest BCUT2D eigenvalue weighted by Gasteiger charge is 2.16. The van der Waals surface area contributed by atoms with Gasteiger partial charge in [0.1, 0.15) is 12.4 Å². The molecule has 0 radical (unpaired) electrons. The highest BCUT2D eigenvalue weighted by Crippen LogP contribution is 2.21. The molecule has 0 atom stereocenters. The summed E-state index contributed by atoms with van der Waals surface area (Å²) in [5.41, 5.74) is 3.16. The minimum absolute atomic E-state index is 0.173. The van der Waals surface area contributed by atoms with Crippen LogP contribution in [0.2, 0.25) is 0 Å². The van der Waals surface area contributed by atoms with Crippen LogP contribution in [0.3, 0.4) is 0 Å². The number of amides is 1. The number of esters is 1. The first-order chi connectivity index (χ1) is 15.3. The standard InChI is InChI=1S/C24H21N3O5/c1-14-6-4-7-17(10-14)23(29)26-20-9-5-8-19(16(20)3)24(30)31-13-18-12-22(28)27-21(25-18)11-15(2)32-27/h4-12H,13H2,1-3H3,(H,26,29). The summed E-state index contributed by atoms with van der Waals surface area (Å²) in [6.45, 7) is 5.18. The number of hydrogen-bond donors (Lipinski definition) is 1. The molecule has 0 saturated heterocycles. The molecule has 4 rings (SSSR count). The SMILES string of the molecule is Cc1cccc(C(=O)Nc2cccc(C(=O)OCc3cc(=O)n4oc(C)cc4n3)c2C)c1. The van der Waals surface area contributed by atoms with E-state index in [0.717, 1.165) is 10.1 Å². The van der Waals surface area contributed by atoms with Crippen LogP contribution in [0.1, 0.15) is 43.3 Å². The van der Waals surface area contributed by atoms with Gasteiger partial charge in [0.25, 0.3) is 11.5 Å². The van der Waals surface area contributed by atoms with Crippen molar-refractivity contribution in [3.8, 4) is 0 Å². The summed E-state index contributed by atoms with van der Waals surface area (Å²) in [4.78, 5) is 41.6. The van der Waals surface area contributed by atoms with Crippen LogP contribution in [-0.2, 0) is 11.3 Å². The lowest BCUT2D eigenvalue weighted by Gasteiger charge is -2.12. The normalized spacial score (nSPS) is 10.8. The summed E-state index contributed by atoms with van der Waals surface area (Å²) in [6.07, 6.45) is 0. The fourth-order valence-corrected chi connectivity index (χ4v) is 3.34. The minimum atomic E-state index is -0.584. The Hall–Kier alpha value is -4.20. The molecular formula is C24H21N3O5. The molecular weight excluding hydrogens is 410 g/mol. The van der Waals surface area contributed by atoms with Crippen LogP contribution in [0.5, 0.6) is 0 Å². The molecule has 0 unspecified atom stereocenters. The molecule has 2 aromatic carbocycles. The van der Waals surface area contributed by atoms with E-state index in [0.29, 0.717) is 39.5 Å². The van der Waals surface area contributed by atoms with Gasteiger partial charge in [-0.1, -0.05) is 23.8 Å². The molecule has 0 saturated carbocycles. The van der Waals surface area contributed by atoms with E-state index in [1.807, 2.05) is 19.1 Å². The summed E-state index contributed by atoms with van der Waals surface area (Å²) in [5, 5.41) is 2.84. The van der Waals surface area contributed by atoms with E-state index >= 15 is 0 Å². The monoisotopic (exact) mass is 431 g/mol. The third-order valence-corrected chi connectivity index (χ3v) is 4.96. The first kappa shape index (κ1) is 21.0. The average molecular weight is 431 g/mol. The summed E-state index contributed by atoms with van der Waals surface area (Å²) in [7, 11) is 0. The molecule has 2 aromatic heterocycles. The largest absolute Gasteiger partial charge is 0.456 e. The molecule has 0 spiro atoms. The van der Waals surface area contributed by atoms with Gasteiger partial charge in [-0.15, -0.1) is 4.57 Å². The van der Waals surface area contributed by atoms with Crippen molar-refractivity contribution >= 4 is 23.2 Å². The lowest BCUT2D eigenvalue weighted by atomic mass is 10.1. The number of nitrogens with zero attached hydrogens (tertiary/aromatic N) is 2. The zero-order chi connectivity index (χ0) is 22.8. The summed E-state index contributed by atoms with van der Waals surface area (Å²) in [5.74, 6) is -0.306. The first-order valence-corrected chi connectivity index (χ1v) is 9.96. The van der Waals surface area contributed by atoms with E-state index in [4.69, 9.17) is 9.26 Å². The third kappa shape index (κ3) is 4.29. The van der Waals surface area contributed by atoms with Crippen molar-refractivity contribution in [3.05, 3.63) is 98.7 Å². The minimum Gasteiger partial charge on any atom is -0.456 e. The number of fused-ring (bicyclic) bond motifs is 1. The van der Waals surface area contributed by atoms with Gasteiger partial charge in [0.05, 0.1) is 11.3 Å². The number of nitrogens with one attached hydrogen (secondary N) is 1. The maximum atomic E-state index is 12.7. The zero-order valence-corrected chi connectivity index (χ0v) is 17.8. The Kier molecular flexibility index (Phi) is 5.59. The molecule has 0 aliphatic rings. The second-order valence-corrected chi connectivity index (χ2v) is 7.46. The van der Waals surface area contributed by atoms with Crippen LogP contribution < -0.4 is 10.9 Å². The van der Waals surface area contributed by atoms with Gasteiger partial charge in [-0.2, -0.15) is 0 Å². The predicted octanol–water partition coefficient (Wildman–Crippen LogP) is 3.82. The Labute approximate surface area is 183 Å². The lowest BCUT2D eigenvalue weighted by Crippen LogP contribution is -2.16. The Morgan fingerprint density at radius 3 is 2.62 bits per heavy atom. The Morgan fingerprint density at radius 1 is 1.06 bits per heavy atom. The van der Waals surface area contributed by atoms with Crippen LogP contribution in [0, 0.1) is 20.8 Å². The summed E-state index contributed by atoms with van der Waals surface area (Å²) < 4.78 is 11.7. The second-order valence-electron chi connectivity index (χ2n) is 7.46. The lowest BCUT2D eigenvalue weighted by molar-refractivity contribution is 0.0466. The summed E-state index contributed by atoms with van der Waals surface area (Å²) in [6, 6.07) is 15.1. The van der Waals surface area contributed by atoms with Crippen molar-refractivity contribution in [3.63, 3.8) is 0 Å². The van der Waals surface area contributed by atoms with Crippen molar-refractivity contribution < 1.29 is 18.8 Å². The maximum Gasteiger partial charge on any atom is 0.338 e. The molecule has 1 amide bonds. The quantitative estimate of drug-likeness (QED) is 0.482. The van der Waals surface area contributed by atoms with Crippen molar-refractivity contribution in [1.82, 2.24) is 9.56 Å². The number of ether oxygens (including phenoxy) is 1. The number of rotatable bonds is 5. The van der Waals surface area contributed by atoms with Crippen LogP contribution in [-0.4, -0.2) is 21.4 Å². The van der Waals surface area contributed by atoms with E-state index in [1.165, 1.54) is 6.07 Å². The van der Waals surface area contributed by atoms with Crippen LogP contribution in [0.4, 0.5) is 5.69 Å². The Bertz CT molecular complexity index is 1400. The number of aromatic nitrogens is 2. The van der Waals surface area contributed by atoms with Gasteiger partial charge in [0, 0.05) is 23.4 Å². The van der Waals surface area contributed by atoms with E-state index in [1.54, 1.807) is 50.2 Å². The van der Waals surface area contributed by atoms with Gasteiger partial charge in [0.2, 0.25) is 0 Å². The molecule has 162 valence electrons. The molecule has 0 aliphatic carbocycles. The molecule has 8 heteroatoms. The van der Waals surface area contributed by atoms with Crippen molar-refractivity contribution in [2.24, 2.45) is 0 Å². The molecule has 0 aliphatic heterocycles. The molecule has 0 bridgehead atoms. The van der Waals surface area contributed by atoms with Crippen molar-refractivity contribution in [2.45, 2.75) is 27.4 Å². The van der Waals surface area contributed by atoms with Crippen molar-refractivity contribution in [1.29, 1.82) is 0 Å². The highest BCUT2D eigenvalue weighted by molar-refractivity contribution is 6.05. The number of anilines is 1. The fourth-order valence-electron chi connectivity index (χ4n) is 3.34. The molecule has 1 N–H and O–H groups in total. The molecule has 4 aromatic rings. The van der Waals surface area contributed by atoms with Crippen LogP contribution in [0.25, 0.3) is 5.65 Å². The Morgan fingerprint density at radius 2 is 1.84 bits per heavy atom. The Balaban J connectivity index is 1.49. The highest BCUT2D eigenvalue weighted by atomic mass is 16.5. The fraction of sp³-hybridized carbons (Fsp3) is 0.167. The maximum absolute atomic E-state index is 12.7. The van der Waals surface area contributed by atoms with Gasteiger partial charge in [0.15, 0.2) is 5.65 Å². The topological polar surface area (TPSA) is 103 Å². The number of carbonyl (C=O) groups excluding carboxylic acids is 2. The van der Waals surface area contributed by atoms with Crippen LogP contribution in [0.15, 0.2) is 63.9 Å². The van der Waals surface area contributed by atoms with Crippen LogP contribution >= 0.6 is 0 Å². The summed E-state index contributed by atoms with van der Waals surface area (Å²) >= 11 is 0. The molecule has 2 heterocycles. The molecule has 8 nitrogen and oxygen atoms in total. The number of hydrogen-bond acceptors (Lipinski definition) is 6. The van der Waals surface area contributed by atoms with Gasteiger partial charge in [-0.3, -0.25) is 9.59 Å². The second kappa shape index (κ2) is 8.50.